The van der Waals surface area contributed by atoms with Gasteiger partial charge in [0.1, 0.15) is 5.82 Å². The van der Waals surface area contributed by atoms with E-state index in [1.165, 1.54) is 28.4 Å². The molecule has 4 aliphatic rings. The molecule has 3 aromatic carbocycles. The van der Waals surface area contributed by atoms with Crippen LogP contribution in [0.5, 0.6) is 0 Å². The zero-order valence-electron chi connectivity index (χ0n) is 21.7. The lowest BCUT2D eigenvalue weighted by Gasteiger charge is -2.43. The summed E-state index contributed by atoms with van der Waals surface area (Å²) in [5, 5.41) is 1.56. The first-order valence-electron chi connectivity index (χ1n) is 13.7. The number of hydrogen-bond acceptors (Lipinski definition) is 5. The second-order valence-corrected chi connectivity index (χ2v) is 14.0. The third-order valence-electron chi connectivity index (χ3n) is 9.45. The van der Waals surface area contributed by atoms with E-state index in [-0.39, 0.29) is 57.3 Å². The van der Waals surface area contributed by atoms with Gasteiger partial charge in [0.25, 0.3) is 0 Å². The van der Waals surface area contributed by atoms with E-state index >= 15 is 0 Å². The average Bonchev–Trinajstić information content (AvgIpc) is 3.69. The van der Waals surface area contributed by atoms with Crippen LogP contribution < -0.4 is 9.77 Å². The second-order valence-electron chi connectivity index (χ2n) is 11.4. The van der Waals surface area contributed by atoms with E-state index in [9.17, 15) is 18.8 Å². The van der Waals surface area contributed by atoms with Crippen molar-refractivity contribution in [3.8, 4) is 0 Å². The highest BCUT2D eigenvalue weighted by atomic mass is 35.5. The SMILES string of the molecule is O=C1[C@H]2[C@@H]3C[C@@H]([C@@H]2C(=O)N1c1ccc(Cl)cc1)[C@@H]1[C@H](c2ccc(F)cc2)c2sc(=O)n(Cc4ccccc4)c2S[C@H]31. The molecule has 3 fully saturated rings. The van der Waals surface area contributed by atoms with Crippen molar-refractivity contribution in [1.29, 1.82) is 0 Å². The molecule has 2 aliphatic heterocycles. The van der Waals surface area contributed by atoms with Crippen LogP contribution in [-0.4, -0.2) is 21.6 Å². The number of aromatic nitrogens is 1. The Bertz CT molecular complexity index is 1750. The lowest BCUT2D eigenvalue weighted by molar-refractivity contribution is -0.123. The Morgan fingerprint density at radius 2 is 1.54 bits per heavy atom. The minimum absolute atomic E-state index is 0.000714. The maximum absolute atomic E-state index is 14.0. The van der Waals surface area contributed by atoms with Crippen LogP contribution in [0.4, 0.5) is 10.1 Å². The van der Waals surface area contributed by atoms with Crippen molar-refractivity contribution in [1.82, 2.24) is 4.57 Å². The van der Waals surface area contributed by atoms with Gasteiger partial charge in [0.05, 0.1) is 29.1 Å². The number of thiazole rings is 1. The summed E-state index contributed by atoms with van der Waals surface area (Å²) >= 11 is 9.05. The number of carbonyl (C=O) groups excluding carboxylic acids is 2. The molecule has 41 heavy (non-hydrogen) atoms. The predicted molar refractivity (Wildman–Crippen MR) is 158 cm³/mol. The number of amides is 2. The van der Waals surface area contributed by atoms with Crippen LogP contribution in [0, 0.1) is 35.4 Å². The van der Waals surface area contributed by atoms with Gasteiger partial charge < -0.3 is 0 Å². The molecule has 8 rings (SSSR count). The first-order chi connectivity index (χ1) is 19.9. The quantitative estimate of drug-likeness (QED) is 0.253. The third-order valence-corrected chi connectivity index (χ3v) is 12.5. The molecule has 206 valence electrons. The van der Waals surface area contributed by atoms with Gasteiger partial charge in [-0.1, -0.05) is 65.4 Å². The van der Waals surface area contributed by atoms with Gasteiger partial charge in [-0.25, -0.2) is 4.39 Å². The molecule has 2 amide bonds. The minimum atomic E-state index is -0.391. The second kappa shape index (κ2) is 9.41. The van der Waals surface area contributed by atoms with Crippen molar-refractivity contribution in [2.24, 2.45) is 29.6 Å². The van der Waals surface area contributed by atoms with Gasteiger partial charge in [0, 0.05) is 21.1 Å². The molecular formula is C32H24ClFN2O3S2. The normalized spacial score (nSPS) is 29.5. The summed E-state index contributed by atoms with van der Waals surface area (Å²) in [7, 11) is 0. The predicted octanol–water partition coefficient (Wildman–Crippen LogP) is 6.43. The van der Waals surface area contributed by atoms with Crippen LogP contribution in [0.2, 0.25) is 5.02 Å². The lowest BCUT2D eigenvalue weighted by Crippen LogP contribution is -2.43. The summed E-state index contributed by atoms with van der Waals surface area (Å²) in [6.45, 7) is 0.466. The van der Waals surface area contributed by atoms with Crippen LogP contribution >= 0.6 is 34.7 Å². The molecule has 5 nitrogen and oxygen atoms in total. The summed E-state index contributed by atoms with van der Waals surface area (Å²) in [5.41, 5.74) is 2.55. The topological polar surface area (TPSA) is 59.4 Å². The number of benzene rings is 3. The highest BCUT2D eigenvalue weighted by Crippen LogP contribution is 2.69. The van der Waals surface area contributed by atoms with Crippen molar-refractivity contribution in [3.63, 3.8) is 0 Å². The molecule has 0 radical (unpaired) electrons. The molecule has 2 bridgehead atoms. The molecule has 2 saturated carbocycles. The first-order valence-corrected chi connectivity index (χ1v) is 15.8. The van der Waals surface area contributed by atoms with E-state index in [4.69, 9.17) is 11.6 Å². The summed E-state index contributed by atoms with van der Waals surface area (Å²) < 4.78 is 15.9. The van der Waals surface area contributed by atoms with Gasteiger partial charge in [0.2, 0.25) is 11.8 Å². The fourth-order valence-corrected chi connectivity index (χ4v) is 11.2. The van der Waals surface area contributed by atoms with E-state index in [0.717, 1.165) is 27.5 Å². The molecule has 3 heterocycles. The average molecular weight is 603 g/mol. The summed E-state index contributed by atoms with van der Waals surface area (Å²) in [6, 6.07) is 23.3. The van der Waals surface area contributed by atoms with Crippen molar-refractivity contribution < 1.29 is 14.0 Å². The molecule has 2 aliphatic carbocycles. The van der Waals surface area contributed by atoms with Gasteiger partial charge in [-0.05, 0) is 71.7 Å². The summed E-state index contributed by atoms with van der Waals surface area (Å²) in [6.07, 6.45) is 0.805. The number of fused-ring (bicyclic) bond motifs is 9. The number of halogens is 2. The van der Waals surface area contributed by atoms with Crippen LogP contribution in [-0.2, 0) is 16.1 Å². The van der Waals surface area contributed by atoms with Crippen LogP contribution in [0.25, 0.3) is 0 Å². The maximum atomic E-state index is 14.0. The van der Waals surface area contributed by atoms with Gasteiger partial charge in [-0.2, -0.15) is 0 Å². The van der Waals surface area contributed by atoms with Gasteiger partial charge in [-0.15, -0.1) is 11.8 Å². The van der Waals surface area contributed by atoms with Crippen molar-refractivity contribution in [2.45, 2.75) is 29.2 Å². The number of thioether (sulfide) groups is 1. The fraction of sp³-hybridized carbons (Fsp3) is 0.281. The maximum Gasteiger partial charge on any atom is 0.308 e. The molecule has 4 aromatic rings. The van der Waals surface area contributed by atoms with Crippen LogP contribution in [0.15, 0.2) is 88.7 Å². The van der Waals surface area contributed by atoms with E-state index < -0.39 is 5.92 Å². The summed E-state index contributed by atoms with van der Waals surface area (Å²) in [4.78, 5) is 43.5. The minimum Gasteiger partial charge on any atom is -0.289 e. The van der Waals surface area contributed by atoms with Crippen molar-refractivity contribution in [3.05, 3.63) is 115 Å². The number of hydrogen-bond donors (Lipinski definition) is 0. The molecule has 1 saturated heterocycles. The number of rotatable bonds is 4. The standard InChI is InChI=1S/C32H24ClFN2O3S2/c33-18-8-12-20(13-9-18)36-29(37)25-21-14-22(26(25)30(36)38)27-24(21)23(17-6-10-19(34)11-7-17)28-31(40-27)35(32(39)41-28)15-16-4-2-1-3-5-16/h1-13,21-27H,14-15H2/t21-,22+,23+,24-,25+,26+,27-/m1/s1. The number of anilines is 1. The van der Waals surface area contributed by atoms with Gasteiger partial charge >= 0.3 is 4.87 Å². The zero-order valence-corrected chi connectivity index (χ0v) is 24.0. The molecule has 1 aromatic heterocycles. The summed E-state index contributed by atoms with van der Waals surface area (Å²) in [5.74, 6) is -1.41. The van der Waals surface area contributed by atoms with Crippen LogP contribution in [0.3, 0.4) is 0 Å². The van der Waals surface area contributed by atoms with Crippen molar-refractivity contribution in [2.75, 3.05) is 4.90 Å². The van der Waals surface area contributed by atoms with E-state index in [1.807, 2.05) is 47.0 Å². The molecular weight excluding hydrogens is 579 g/mol. The van der Waals surface area contributed by atoms with Gasteiger partial charge in [0.15, 0.2) is 0 Å². The fourth-order valence-electron chi connectivity index (χ4n) is 7.91. The highest BCUT2D eigenvalue weighted by Gasteiger charge is 2.69. The number of carbonyl (C=O) groups is 2. The molecule has 0 N–H and O–H groups in total. The molecule has 0 spiro atoms. The third kappa shape index (κ3) is 3.76. The number of imide groups is 1. The van der Waals surface area contributed by atoms with E-state index in [2.05, 4.69) is 0 Å². The molecule has 0 unspecified atom stereocenters. The number of nitrogens with zero attached hydrogens (tertiary/aromatic N) is 2. The Kier molecular flexibility index (Phi) is 5.85. The Balaban J connectivity index is 1.23. The monoisotopic (exact) mass is 602 g/mol. The van der Waals surface area contributed by atoms with E-state index in [0.29, 0.717) is 17.3 Å². The highest BCUT2D eigenvalue weighted by molar-refractivity contribution is 8.00. The molecule has 7 atom stereocenters. The van der Waals surface area contributed by atoms with E-state index in [1.54, 1.807) is 36.0 Å². The smallest absolute Gasteiger partial charge is 0.289 e. The largest absolute Gasteiger partial charge is 0.308 e. The zero-order chi connectivity index (χ0) is 28.0. The van der Waals surface area contributed by atoms with Gasteiger partial charge in [-0.3, -0.25) is 23.9 Å². The lowest BCUT2D eigenvalue weighted by atomic mass is 9.68. The molecule has 9 heteroatoms. The van der Waals surface area contributed by atoms with Crippen LogP contribution in [0.1, 0.15) is 28.3 Å². The first kappa shape index (κ1) is 25.5. The Morgan fingerprint density at radius 1 is 0.854 bits per heavy atom. The Morgan fingerprint density at radius 3 is 2.24 bits per heavy atom. The van der Waals surface area contributed by atoms with Crippen molar-refractivity contribution >= 4 is 52.2 Å². The Hall–Kier alpha value is -3.20. The Labute approximate surface area is 249 Å².